The Hall–Kier alpha value is -1.86. The van der Waals surface area contributed by atoms with E-state index in [0.717, 1.165) is 29.8 Å². The van der Waals surface area contributed by atoms with Crippen molar-refractivity contribution in [1.82, 2.24) is 14.3 Å². The molecule has 130 valence electrons. The molecule has 1 aliphatic heterocycles. The Morgan fingerprint density at radius 2 is 1.83 bits per heavy atom. The van der Waals surface area contributed by atoms with E-state index in [0.29, 0.717) is 29.7 Å². The minimum absolute atomic E-state index is 0.296. The predicted molar refractivity (Wildman–Crippen MR) is 91.8 cm³/mol. The molecule has 1 saturated heterocycles. The second-order valence-corrected chi connectivity index (χ2v) is 8.12. The van der Waals surface area contributed by atoms with Crippen LogP contribution in [-0.2, 0) is 10.0 Å². The van der Waals surface area contributed by atoms with Crippen molar-refractivity contribution >= 4 is 10.0 Å². The van der Waals surface area contributed by atoms with Crippen LogP contribution in [0, 0.1) is 13.8 Å². The van der Waals surface area contributed by atoms with E-state index in [2.05, 4.69) is 9.97 Å². The number of ether oxygens (including phenoxy) is 1. The summed E-state index contributed by atoms with van der Waals surface area (Å²) < 4.78 is 33.0. The van der Waals surface area contributed by atoms with Crippen LogP contribution in [0.4, 0.5) is 0 Å². The van der Waals surface area contributed by atoms with Gasteiger partial charge in [0.05, 0.1) is 12.0 Å². The third kappa shape index (κ3) is 3.06. The summed E-state index contributed by atoms with van der Waals surface area (Å²) >= 11 is 0. The van der Waals surface area contributed by atoms with Gasteiger partial charge in [0, 0.05) is 31.4 Å². The van der Waals surface area contributed by atoms with Crippen LogP contribution in [0.15, 0.2) is 29.4 Å². The molecule has 0 atom stereocenters. The van der Waals surface area contributed by atoms with Crippen molar-refractivity contribution in [2.24, 2.45) is 0 Å². The molecule has 0 bridgehead atoms. The van der Waals surface area contributed by atoms with E-state index in [4.69, 9.17) is 4.74 Å². The summed E-state index contributed by atoms with van der Waals surface area (Å²) in [6.45, 7) is 4.66. The fraction of sp³-hybridized carbons (Fsp3) is 0.471. The minimum Gasteiger partial charge on any atom is -0.497 e. The van der Waals surface area contributed by atoms with Crippen LogP contribution >= 0.6 is 0 Å². The Kier molecular flexibility index (Phi) is 4.64. The zero-order chi connectivity index (χ0) is 17.3. The van der Waals surface area contributed by atoms with Crippen molar-refractivity contribution in [2.45, 2.75) is 37.5 Å². The average molecular weight is 349 g/mol. The van der Waals surface area contributed by atoms with Crippen molar-refractivity contribution in [3.63, 3.8) is 0 Å². The number of aromatic nitrogens is 2. The van der Waals surface area contributed by atoms with Crippen LogP contribution in [0.1, 0.15) is 35.7 Å². The molecule has 1 N–H and O–H groups in total. The molecule has 7 heteroatoms. The van der Waals surface area contributed by atoms with Crippen molar-refractivity contribution in [1.29, 1.82) is 0 Å². The highest BCUT2D eigenvalue weighted by Gasteiger charge is 2.32. The van der Waals surface area contributed by atoms with Crippen LogP contribution in [0.3, 0.4) is 0 Å². The highest BCUT2D eigenvalue weighted by Crippen LogP contribution is 2.32. The molecule has 0 spiro atoms. The fourth-order valence-corrected chi connectivity index (χ4v) is 5.32. The number of imidazole rings is 1. The number of methoxy groups -OCH3 is 1. The van der Waals surface area contributed by atoms with Gasteiger partial charge in [0.2, 0.25) is 10.0 Å². The molecule has 1 aromatic carbocycles. The quantitative estimate of drug-likeness (QED) is 0.921. The highest BCUT2D eigenvalue weighted by atomic mass is 32.2. The van der Waals surface area contributed by atoms with E-state index < -0.39 is 10.0 Å². The van der Waals surface area contributed by atoms with Crippen molar-refractivity contribution in [3.8, 4) is 5.75 Å². The van der Waals surface area contributed by atoms with Gasteiger partial charge in [-0.15, -0.1) is 0 Å². The van der Waals surface area contributed by atoms with E-state index in [1.54, 1.807) is 29.7 Å². The number of nitrogens with zero attached hydrogens (tertiary/aromatic N) is 2. The average Bonchev–Trinajstić information content (AvgIpc) is 3.08. The largest absolute Gasteiger partial charge is 0.497 e. The lowest BCUT2D eigenvalue weighted by molar-refractivity contribution is 0.314. The molecular formula is C17H23N3O3S. The van der Waals surface area contributed by atoms with Gasteiger partial charge < -0.3 is 9.72 Å². The second-order valence-electron chi connectivity index (χ2n) is 6.24. The Bertz CT molecular complexity index is 785. The lowest BCUT2D eigenvalue weighted by Crippen LogP contribution is -2.38. The number of nitrogens with one attached hydrogen (secondary N) is 1. The summed E-state index contributed by atoms with van der Waals surface area (Å²) in [4.78, 5) is 7.83. The Morgan fingerprint density at radius 3 is 2.33 bits per heavy atom. The van der Waals surface area contributed by atoms with Crippen molar-refractivity contribution in [3.05, 3.63) is 41.5 Å². The number of piperidine rings is 1. The maximum atomic E-state index is 13.1. The summed E-state index contributed by atoms with van der Waals surface area (Å²) in [6, 6.07) is 3.55. The molecule has 1 aromatic heterocycles. The first-order chi connectivity index (χ1) is 11.4. The third-order valence-corrected chi connectivity index (χ3v) is 6.83. The summed E-state index contributed by atoms with van der Waals surface area (Å²) in [7, 11) is -1.91. The van der Waals surface area contributed by atoms with Crippen LogP contribution in [0.2, 0.25) is 0 Å². The van der Waals surface area contributed by atoms with Crippen LogP contribution in [0.25, 0.3) is 0 Å². The first kappa shape index (κ1) is 17.0. The fourth-order valence-electron chi connectivity index (χ4n) is 3.43. The summed E-state index contributed by atoms with van der Waals surface area (Å²) in [5.41, 5.74) is 1.44. The number of hydrogen-bond donors (Lipinski definition) is 1. The van der Waals surface area contributed by atoms with E-state index in [1.165, 1.54) is 0 Å². The molecule has 1 aliphatic rings. The van der Waals surface area contributed by atoms with Gasteiger partial charge in [-0.3, -0.25) is 0 Å². The number of aromatic amines is 1. The van der Waals surface area contributed by atoms with Crippen molar-refractivity contribution < 1.29 is 13.2 Å². The van der Waals surface area contributed by atoms with Gasteiger partial charge in [-0.1, -0.05) is 0 Å². The Balaban J connectivity index is 1.82. The normalized spacial score (nSPS) is 17.1. The van der Waals surface area contributed by atoms with Gasteiger partial charge in [-0.2, -0.15) is 4.31 Å². The first-order valence-electron chi connectivity index (χ1n) is 8.08. The van der Waals surface area contributed by atoms with Crippen LogP contribution < -0.4 is 4.74 Å². The standard InChI is InChI=1S/C17H23N3O3S/c1-12-10-15(23-3)11-13(2)16(12)24(21,22)20-8-4-14(5-9-20)17-18-6-7-19-17/h6-7,10-11,14H,4-5,8-9H2,1-3H3,(H,18,19). The summed E-state index contributed by atoms with van der Waals surface area (Å²) in [5, 5.41) is 0. The maximum Gasteiger partial charge on any atom is 0.243 e. The smallest absolute Gasteiger partial charge is 0.243 e. The van der Waals surface area contributed by atoms with Gasteiger partial charge in [0.25, 0.3) is 0 Å². The number of sulfonamides is 1. The SMILES string of the molecule is COc1cc(C)c(S(=O)(=O)N2CCC(c3ncc[nH]3)CC2)c(C)c1. The van der Waals surface area contributed by atoms with Gasteiger partial charge in [0.1, 0.15) is 11.6 Å². The highest BCUT2D eigenvalue weighted by molar-refractivity contribution is 7.89. The number of H-pyrrole nitrogens is 1. The van der Waals surface area contributed by atoms with Crippen LogP contribution in [0.5, 0.6) is 5.75 Å². The Morgan fingerprint density at radius 1 is 1.21 bits per heavy atom. The third-order valence-electron chi connectivity index (χ3n) is 4.63. The number of aryl methyl sites for hydroxylation is 2. The van der Waals surface area contributed by atoms with Gasteiger partial charge in [-0.25, -0.2) is 13.4 Å². The molecule has 6 nitrogen and oxygen atoms in total. The summed E-state index contributed by atoms with van der Waals surface area (Å²) in [6.07, 6.45) is 5.10. The molecule has 0 aliphatic carbocycles. The molecule has 24 heavy (non-hydrogen) atoms. The molecule has 1 fully saturated rings. The number of benzene rings is 1. The lowest BCUT2D eigenvalue weighted by atomic mass is 9.98. The van der Waals surface area contributed by atoms with Crippen LogP contribution in [-0.4, -0.2) is 42.9 Å². The van der Waals surface area contributed by atoms with E-state index in [-0.39, 0.29) is 0 Å². The zero-order valence-corrected chi connectivity index (χ0v) is 15.1. The second kappa shape index (κ2) is 6.57. The lowest BCUT2D eigenvalue weighted by Gasteiger charge is -2.31. The summed E-state index contributed by atoms with van der Waals surface area (Å²) in [5.74, 6) is 1.92. The topological polar surface area (TPSA) is 75.3 Å². The monoisotopic (exact) mass is 349 g/mol. The van der Waals surface area contributed by atoms with Crippen molar-refractivity contribution in [2.75, 3.05) is 20.2 Å². The predicted octanol–water partition coefficient (Wildman–Crippen LogP) is 2.60. The molecule has 0 amide bonds. The zero-order valence-electron chi connectivity index (χ0n) is 14.2. The number of rotatable bonds is 4. The molecule has 2 aromatic rings. The molecule has 0 unspecified atom stereocenters. The molecule has 2 heterocycles. The minimum atomic E-state index is -3.49. The van der Waals surface area contributed by atoms with Gasteiger partial charge >= 0.3 is 0 Å². The molecule has 0 saturated carbocycles. The first-order valence-corrected chi connectivity index (χ1v) is 9.52. The van der Waals surface area contributed by atoms with E-state index >= 15 is 0 Å². The van der Waals surface area contributed by atoms with E-state index in [9.17, 15) is 8.42 Å². The molecule has 3 rings (SSSR count). The Labute approximate surface area is 142 Å². The van der Waals surface area contributed by atoms with Gasteiger partial charge in [0.15, 0.2) is 0 Å². The van der Waals surface area contributed by atoms with Gasteiger partial charge in [-0.05, 0) is 49.9 Å². The maximum absolute atomic E-state index is 13.1. The van der Waals surface area contributed by atoms with E-state index in [1.807, 2.05) is 20.0 Å². The number of hydrogen-bond acceptors (Lipinski definition) is 4. The molecule has 0 radical (unpaired) electrons. The molecular weight excluding hydrogens is 326 g/mol.